The zero-order valence-electron chi connectivity index (χ0n) is 10.0. The molecule has 2 heterocycles. The van der Waals surface area contributed by atoms with Gasteiger partial charge in [0.1, 0.15) is 5.75 Å². The van der Waals surface area contributed by atoms with Crippen molar-refractivity contribution in [3.05, 3.63) is 40.7 Å². The van der Waals surface area contributed by atoms with E-state index in [0.717, 1.165) is 15.8 Å². The first-order chi connectivity index (χ1) is 9.26. The van der Waals surface area contributed by atoms with E-state index < -0.39 is 0 Å². The molecule has 0 saturated carbocycles. The second-order valence-electron chi connectivity index (χ2n) is 3.81. The van der Waals surface area contributed by atoms with Crippen LogP contribution in [0.1, 0.15) is 9.67 Å². The number of thiazole rings is 1. The molecule has 0 unspecified atom stereocenters. The van der Waals surface area contributed by atoms with Crippen LogP contribution in [-0.4, -0.2) is 18.0 Å². The van der Waals surface area contributed by atoms with Gasteiger partial charge in [0.15, 0.2) is 5.13 Å². The van der Waals surface area contributed by atoms with Crippen molar-refractivity contribution in [2.24, 2.45) is 0 Å². The number of methoxy groups -OCH3 is 1. The highest BCUT2D eigenvalue weighted by atomic mass is 32.1. The summed E-state index contributed by atoms with van der Waals surface area (Å²) >= 11 is 2.86. The van der Waals surface area contributed by atoms with Crippen molar-refractivity contribution in [2.45, 2.75) is 0 Å². The van der Waals surface area contributed by atoms with Gasteiger partial charge in [0.05, 0.1) is 12.0 Å². The zero-order valence-corrected chi connectivity index (χ0v) is 11.7. The number of aromatic nitrogens is 1. The summed E-state index contributed by atoms with van der Waals surface area (Å²) in [6, 6.07) is 7.64. The number of ether oxygens (including phenoxy) is 1. The molecule has 4 nitrogen and oxygen atoms in total. The van der Waals surface area contributed by atoms with Gasteiger partial charge in [0.25, 0.3) is 5.91 Å². The number of nitrogens with one attached hydrogen (secondary N) is 1. The molecule has 0 aliphatic carbocycles. The molecule has 6 heteroatoms. The van der Waals surface area contributed by atoms with Gasteiger partial charge in [-0.25, -0.2) is 4.98 Å². The minimum Gasteiger partial charge on any atom is -0.497 e. The fourth-order valence-corrected chi connectivity index (χ4v) is 3.17. The van der Waals surface area contributed by atoms with Crippen molar-refractivity contribution in [1.29, 1.82) is 0 Å². The molecule has 19 heavy (non-hydrogen) atoms. The summed E-state index contributed by atoms with van der Waals surface area (Å²) in [5.41, 5.74) is 0. The average Bonchev–Trinajstić information content (AvgIpc) is 3.05. The van der Waals surface area contributed by atoms with Crippen molar-refractivity contribution < 1.29 is 9.53 Å². The van der Waals surface area contributed by atoms with Crippen LogP contribution >= 0.6 is 22.7 Å². The largest absolute Gasteiger partial charge is 0.497 e. The van der Waals surface area contributed by atoms with Crippen LogP contribution in [-0.2, 0) is 0 Å². The van der Waals surface area contributed by atoms with Gasteiger partial charge < -0.3 is 4.74 Å². The molecule has 3 rings (SSSR count). The summed E-state index contributed by atoms with van der Waals surface area (Å²) in [5, 5.41) is 6.22. The Labute approximate surface area is 117 Å². The number of thiophene rings is 1. The molecule has 1 N–H and O–H groups in total. The number of hydrogen-bond donors (Lipinski definition) is 1. The lowest BCUT2D eigenvalue weighted by atomic mass is 10.2. The second kappa shape index (κ2) is 4.99. The van der Waals surface area contributed by atoms with E-state index in [9.17, 15) is 4.79 Å². The summed E-state index contributed by atoms with van der Waals surface area (Å²) in [6.07, 6.45) is 1.66. The minimum absolute atomic E-state index is 0.130. The van der Waals surface area contributed by atoms with Crippen molar-refractivity contribution in [3.8, 4) is 5.75 Å². The molecule has 96 valence electrons. The van der Waals surface area contributed by atoms with E-state index in [4.69, 9.17) is 4.74 Å². The molecule has 0 radical (unpaired) electrons. The van der Waals surface area contributed by atoms with Gasteiger partial charge in [0, 0.05) is 16.3 Å². The average molecular weight is 290 g/mol. The van der Waals surface area contributed by atoms with E-state index in [1.807, 2.05) is 29.6 Å². The number of fused-ring (bicyclic) bond motifs is 1. The lowest BCUT2D eigenvalue weighted by Gasteiger charge is -1.97. The normalized spacial score (nSPS) is 10.6. The third-order valence-electron chi connectivity index (χ3n) is 2.60. The Bertz CT molecular complexity index is 719. The zero-order chi connectivity index (χ0) is 13.2. The summed E-state index contributed by atoms with van der Waals surface area (Å²) < 4.78 is 6.23. The molecule has 0 aliphatic heterocycles. The van der Waals surface area contributed by atoms with Crippen LogP contribution in [0.25, 0.3) is 10.1 Å². The molecule has 0 saturated heterocycles. The molecule has 1 aromatic carbocycles. The highest BCUT2D eigenvalue weighted by Gasteiger charge is 2.11. The number of carbonyl (C=O) groups excluding carboxylic acids is 1. The van der Waals surface area contributed by atoms with Crippen LogP contribution in [0.15, 0.2) is 35.8 Å². The summed E-state index contributed by atoms with van der Waals surface area (Å²) in [7, 11) is 1.63. The van der Waals surface area contributed by atoms with Crippen molar-refractivity contribution in [2.75, 3.05) is 12.4 Å². The fraction of sp³-hybridized carbons (Fsp3) is 0.0769. The highest BCUT2D eigenvalue weighted by Crippen LogP contribution is 2.29. The number of nitrogens with zero attached hydrogens (tertiary/aromatic N) is 1. The summed E-state index contributed by atoms with van der Waals surface area (Å²) in [4.78, 5) is 16.8. The molecule has 2 aromatic heterocycles. The summed E-state index contributed by atoms with van der Waals surface area (Å²) in [5.74, 6) is 0.660. The quantitative estimate of drug-likeness (QED) is 0.801. The Morgan fingerprint density at radius 1 is 1.37 bits per heavy atom. The van der Waals surface area contributed by atoms with Gasteiger partial charge >= 0.3 is 0 Å². The van der Waals surface area contributed by atoms with Gasteiger partial charge in [-0.05, 0) is 29.7 Å². The molecule has 1 amide bonds. The van der Waals surface area contributed by atoms with Crippen LogP contribution in [0, 0.1) is 0 Å². The maximum Gasteiger partial charge on any atom is 0.267 e. The molecular weight excluding hydrogens is 280 g/mol. The van der Waals surface area contributed by atoms with Gasteiger partial charge in [-0.2, -0.15) is 0 Å². The van der Waals surface area contributed by atoms with E-state index in [1.165, 1.54) is 22.7 Å². The molecule has 0 aliphatic rings. The van der Waals surface area contributed by atoms with E-state index in [1.54, 1.807) is 13.3 Å². The molecular formula is C13H10N2O2S2. The first kappa shape index (κ1) is 12.1. The number of rotatable bonds is 3. The Kier molecular flexibility index (Phi) is 3.18. The smallest absolute Gasteiger partial charge is 0.267 e. The Morgan fingerprint density at radius 3 is 3.00 bits per heavy atom. The van der Waals surface area contributed by atoms with Gasteiger partial charge in [-0.1, -0.05) is 0 Å². The van der Waals surface area contributed by atoms with Gasteiger partial charge in [0.2, 0.25) is 0 Å². The van der Waals surface area contributed by atoms with Gasteiger partial charge in [-0.3, -0.25) is 10.1 Å². The monoisotopic (exact) mass is 290 g/mol. The topological polar surface area (TPSA) is 51.2 Å². The lowest BCUT2D eigenvalue weighted by Crippen LogP contribution is -2.09. The van der Waals surface area contributed by atoms with Crippen molar-refractivity contribution in [1.82, 2.24) is 4.98 Å². The molecule has 0 spiro atoms. The molecule has 3 aromatic rings. The minimum atomic E-state index is -0.130. The molecule has 0 atom stereocenters. The van der Waals surface area contributed by atoms with Crippen LogP contribution in [0.5, 0.6) is 5.75 Å². The van der Waals surface area contributed by atoms with E-state index in [0.29, 0.717) is 10.0 Å². The maximum atomic E-state index is 12.1. The Morgan fingerprint density at radius 2 is 2.26 bits per heavy atom. The molecule has 0 fully saturated rings. The third-order valence-corrected chi connectivity index (χ3v) is 4.40. The summed E-state index contributed by atoms with van der Waals surface area (Å²) in [6.45, 7) is 0. The van der Waals surface area contributed by atoms with Gasteiger partial charge in [-0.15, -0.1) is 22.7 Å². The first-order valence-corrected chi connectivity index (χ1v) is 7.24. The second-order valence-corrected chi connectivity index (χ2v) is 5.78. The van der Waals surface area contributed by atoms with E-state index in [-0.39, 0.29) is 5.91 Å². The van der Waals surface area contributed by atoms with Crippen molar-refractivity contribution >= 4 is 43.8 Å². The highest BCUT2D eigenvalue weighted by molar-refractivity contribution is 7.21. The van der Waals surface area contributed by atoms with Crippen LogP contribution in [0.4, 0.5) is 5.13 Å². The number of hydrogen-bond acceptors (Lipinski definition) is 5. The van der Waals surface area contributed by atoms with Crippen molar-refractivity contribution in [3.63, 3.8) is 0 Å². The van der Waals surface area contributed by atoms with Crippen LogP contribution in [0.3, 0.4) is 0 Å². The SMILES string of the molecule is COc1ccc2sc(C(=O)Nc3nccs3)cc2c1. The standard InChI is InChI=1S/C13H10N2O2S2/c1-17-9-2-3-10-8(6-9)7-11(19-10)12(16)15-13-14-4-5-18-13/h2-7H,1H3,(H,14,15,16). The van der Waals surface area contributed by atoms with Crippen LogP contribution in [0.2, 0.25) is 0 Å². The fourth-order valence-electron chi connectivity index (χ4n) is 1.70. The first-order valence-electron chi connectivity index (χ1n) is 5.55. The number of anilines is 1. The predicted octanol–water partition coefficient (Wildman–Crippen LogP) is 3.62. The molecule has 0 bridgehead atoms. The lowest BCUT2D eigenvalue weighted by molar-refractivity contribution is 0.103. The Hall–Kier alpha value is -1.92. The predicted molar refractivity (Wildman–Crippen MR) is 78.4 cm³/mol. The number of benzene rings is 1. The maximum absolute atomic E-state index is 12.1. The number of amides is 1. The van der Waals surface area contributed by atoms with E-state index >= 15 is 0 Å². The van der Waals surface area contributed by atoms with E-state index in [2.05, 4.69) is 10.3 Å². The number of carbonyl (C=O) groups is 1. The third kappa shape index (κ3) is 2.45. The Balaban J connectivity index is 1.90. The van der Waals surface area contributed by atoms with Crippen LogP contribution < -0.4 is 10.1 Å².